The summed E-state index contributed by atoms with van der Waals surface area (Å²) in [5.74, 6) is -0.517. The van der Waals surface area contributed by atoms with Crippen LogP contribution in [0.5, 0.6) is 0 Å². The van der Waals surface area contributed by atoms with E-state index in [1.807, 2.05) is 32.2 Å². The normalized spacial score (nSPS) is 11.5. The summed E-state index contributed by atoms with van der Waals surface area (Å²) in [6, 6.07) is 5.17. The number of rotatable bonds is 4. The highest BCUT2D eigenvalue weighted by atomic mass is 32.1. The van der Waals surface area contributed by atoms with Crippen LogP contribution in [0.3, 0.4) is 0 Å². The van der Waals surface area contributed by atoms with Crippen molar-refractivity contribution in [1.82, 2.24) is 9.88 Å². The van der Waals surface area contributed by atoms with E-state index in [0.717, 1.165) is 10.4 Å². The molecule has 0 aliphatic carbocycles. The fourth-order valence-electron chi connectivity index (χ4n) is 2.16. The molecule has 2 aromatic heterocycles. The second-order valence-electron chi connectivity index (χ2n) is 6.34. The summed E-state index contributed by atoms with van der Waals surface area (Å²) in [6.07, 6.45) is 0.458. The number of carbonyl (C=O) groups is 1. The quantitative estimate of drug-likeness (QED) is 0.845. The van der Waals surface area contributed by atoms with Crippen molar-refractivity contribution in [3.63, 3.8) is 0 Å². The fourth-order valence-corrected chi connectivity index (χ4v) is 3.06. The van der Waals surface area contributed by atoms with E-state index in [4.69, 9.17) is 0 Å². The number of hydrogen-bond acceptors (Lipinski definition) is 3. The first kappa shape index (κ1) is 16.4. The summed E-state index contributed by atoms with van der Waals surface area (Å²) in [5, 5.41) is 11.2. The summed E-state index contributed by atoms with van der Waals surface area (Å²) < 4.78 is 13.7. The minimum Gasteiger partial charge on any atom is -0.465 e. The van der Waals surface area contributed by atoms with E-state index in [2.05, 4.69) is 4.98 Å². The molecule has 1 N–H and O–H groups in total. The predicted octanol–water partition coefficient (Wildman–Crippen LogP) is 4.48. The maximum atomic E-state index is 13.7. The molecule has 0 aromatic carbocycles. The van der Waals surface area contributed by atoms with Crippen molar-refractivity contribution >= 4 is 17.4 Å². The van der Waals surface area contributed by atoms with Crippen LogP contribution in [-0.2, 0) is 6.54 Å². The largest absolute Gasteiger partial charge is 0.465 e. The van der Waals surface area contributed by atoms with Gasteiger partial charge in [-0.05, 0) is 34.6 Å². The van der Waals surface area contributed by atoms with Gasteiger partial charge in [-0.1, -0.05) is 20.8 Å². The zero-order chi connectivity index (χ0) is 16.3. The van der Waals surface area contributed by atoms with Gasteiger partial charge in [0.2, 0.25) is 5.95 Å². The molecule has 0 saturated carbocycles. The number of aromatic nitrogens is 1. The monoisotopic (exact) mass is 322 g/mol. The Hall–Kier alpha value is -1.95. The Bertz CT molecular complexity index is 664. The van der Waals surface area contributed by atoms with E-state index in [1.54, 1.807) is 12.1 Å². The van der Waals surface area contributed by atoms with Gasteiger partial charge in [-0.2, -0.15) is 4.39 Å². The third kappa shape index (κ3) is 4.27. The standard InChI is InChI=1S/C16H19FN2O2S/c1-16(2,3)10-19(15(20)21)8-12-7-11(9-22-12)13-5-4-6-18-14(13)17/h4-7,9H,8,10H2,1-3H3,(H,20,21). The van der Waals surface area contributed by atoms with E-state index in [1.165, 1.54) is 22.4 Å². The first-order valence-electron chi connectivity index (χ1n) is 6.92. The Morgan fingerprint density at radius 3 is 2.77 bits per heavy atom. The maximum absolute atomic E-state index is 13.7. The lowest BCUT2D eigenvalue weighted by molar-refractivity contribution is 0.123. The average molecular weight is 322 g/mol. The SMILES string of the molecule is CC(C)(C)CN(Cc1cc(-c2cccnc2F)cs1)C(=O)O. The Morgan fingerprint density at radius 2 is 2.18 bits per heavy atom. The van der Waals surface area contributed by atoms with Crippen LogP contribution in [0, 0.1) is 11.4 Å². The van der Waals surface area contributed by atoms with Crippen LogP contribution in [0.15, 0.2) is 29.8 Å². The van der Waals surface area contributed by atoms with Gasteiger partial charge in [0.1, 0.15) is 0 Å². The minimum atomic E-state index is -0.947. The molecule has 0 spiro atoms. The lowest BCUT2D eigenvalue weighted by Crippen LogP contribution is -2.36. The molecule has 1 amide bonds. The second kappa shape index (κ2) is 6.44. The smallest absolute Gasteiger partial charge is 0.407 e. The van der Waals surface area contributed by atoms with Crippen molar-refractivity contribution in [2.24, 2.45) is 5.41 Å². The molecule has 0 fully saturated rings. The Kier molecular flexibility index (Phi) is 4.81. The highest BCUT2D eigenvalue weighted by Gasteiger charge is 2.21. The zero-order valence-corrected chi connectivity index (χ0v) is 13.7. The molecule has 0 atom stereocenters. The van der Waals surface area contributed by atoms with E-state index < -0.39 is 12.0 Å². The van der Waals surface area contributed by atoms with Gasteiger partial charge in [-0.3, -0.25) is 0 Å². The molecule has 2 aromatic rings. The van der Waals surface area contributed by atoms with Crippen molar-refractivity contribution in [2.75, 3.05) is 6.54 Å². The molecule has 2 heterocycles. The van der Waals surface area contributed by atoms with E-state index in [-0.39, 0.29) is 5.41 Å². The van der Waals surface area contributed by atoms with E-state index in [0.29, 0.717) is 18.7 Å². The lowest BCUT2D eigenvalue weighted by atomic mass is 9.96. The second-order valence-corrected chi connectivity index (χ2v) is 7.34. The molecule has 0 unspecified atom stereocenters. The maximum Gasteiger partial charge on any atom is 0.407 e. The van der Waals surface area contributed by atoms with Gasteiger partial charge in [0.05, 0.1) is 6.54 Å². The number of carboxylic acid groups (broad SMARTS) is 1. The Balaban J connectivity index is 2.17. The third-order valence-corrected chi connectivity index (χ3v) is 3.93. The fraction of sp³-hybridized carbons (Fsp3) is 0.375. The molecule has 4 nitrogen and oxygen atoms in total. The average Bonchev–Trinajstić information content (AvgIpc) is 2.85. The summed E-state index contributed by atoms with van der Waals surface area (Å²) in [5.41, 5.74) is 1.04. The number of halogens is 1. The Labute approximate surface area is 133 Å². The summed E-state index contributed by atoms with van der Waals surface area (Å²) >= 11 is 1.43. The first-order chi connectivity index (χ1) is 10.3. The number of thiophene rings is 1. The van der Waals surface area contributed by atoms with Gasteiger partial charge in [-0.15, -0.1) is 11.3 Å². The number of pyridine rings is 1. The van der Waals surface area contributed by atoms with Crippen LogP contribution in [0.1, 0.15) is 25.6 Å². The van der Waals surface area contributed by atoms with Gasteiger partial charge >= 0.3 is 6.09 Å². The highest BCUT2D eigenvalue weighted by molar-refractivity contribution is 7.10. The minimum absolute atomic E-state index is 0.117. The van der Waals surface area contributed by atoms with Gasteiger partial charge < -0.3 is 10.0 Å². The zero-order valence-electron chi connectivity index (χ0n) is 12.8. The van der Waals surface area contributed by atoms with Crippen molar-refractivity contribution in [1.29, 1.82) is 0 Å². The molecule has 0 aliphatic rings. The molecule has 6 heteroatoms. The van der Waals surface area contributed by atoms with Crippen molar-refractivity contribution < 1.29 is 14.3 Å². The molecule has 22 heavy (non-hydrogen) atoms. The third-order valence-electron chi connectivity index (χ3n) is 3.01. The summed E-state index contributed by atoms with van der Waals surface area (Å²) in [6.45, 7) is 6.73. The van der Waals surface area contributed by atoms with Gasteiger partial charge in [-0.25, -0.2) is 9.78 Å². The molecule has 0 aliphatic heterocycles. The molecule has 2 rings (SSSR count). The van der Waals surface area contributed by atoms with Crippen LogP contribution in [-0.4, -0.2) is 27.6 Å². The first-order valence-corrected chi connectivity index (χ1v) is 7.80. The van der Waals surface area contributed by atoms with Crippen LogP contribution in [0.4, 0.5) is 9.18 Å². The summed E-state index contributed by atoms with van der Waals surface area (Å²) in [4.78, 5) is 17.3. The number of hydrogen-bond donors (Lipinski definition) is 1. The van der Waals surface area contributed by atoms with Gasteiger partial charge in [0.15, 0.2) is 0 Å². The molecule has 0 bridgehead atoms. The van der Waals surface area contributed by atoms with E-state index in [9.17, 15) is 14.3 Å². The van der Waals surface area contributed by atoms with Crippen molar-refractivity contribution in [3.05, 3.63) is 40.6 Å². The van der Waals surface area contributed by atoms with Gasteiger partial charge in [0, 0.05) is 23.2 Å². The van der Waals surface area contributed by atoms with E-state index >= 15 is 0 Å². The number of nitrogens with zero attached hydrogens (tertiary/aromatic N) is 2. The van der Waals surface area contributed by atoms with Crippen LogP contribution < -0.4 is 0 Å². The highest BCUT2D eigenvalue weighted by Crippen LogP contribution is 2.28. The van der Waals surface area contributed by atoms with Crippen LogP contribution in [0.2, 0.25) is 0 Å². The molecule has 0 radical (unpaired) electrons. The van der Waals surface area contributed by atoms with Crippen LogP contribution in [0.25, 0.3) is 11.1 Å². The molecular weight excluding hydrogens is 303 g/mol. The lowest BCUT2D eigenvalue weighted by Gasteiger charge is -2.27. The summed E-state index contributed by atoms with van der Waals surface area (Å²) in [7, 11) is 0. The number of amides is 1. The molecule has 118 valence electrons. The Morgan fingerprint density at radius 1 is 1.45 bits per heavy atom. The predicted molar refractivity (Wildman–Crippen MR) is 85.4 cm³/mol. The van der Waals surface area contributed by atoms with Crippen molar-refractivity contribution in [2.45, 2.75) is 27.3 Å². The van der Waals surface area contributed by atoms with Crippen LogP contribution >= 0.6 is 11.3 Å². The van der Waals surface area contributed by atoms with Crippen molar-refractivity contribution in [3.8, 4) is 11.1 Å². The molecular formula is C16H19FN2O2S. The molecule has 0 saturated heterocycles. The van der Waals surface area contributed by atoms with Gasteiger partial charge in [0.25, 0.3) is 0 Å². The topological polar surface area (TPSA) is 53.4 Å².